The summed E-state index contributed by atoms with van der Waals surface area (Å²) < 4.78 is 5.54. The van der Waals surface area contributed by atoms with Gasteiger partial charge in [0.1, 0.15) is 5.75 Å². The number of anilines is 2. The van der Waals surface area contributed by atoms with E-state index in [4.69, 9.17) is 10.5 Å². The third-order valence-corrected chi connectivity index (χ3v) is 4.28. The molecule has 3 unspecified atom stereocenters. The highest BCUT2D eigenvalue weighted by Crippen LogP contribution is 2.32. The van der Waals surface area contributed by atoms with Crippen LogP contribution in [-0.2, 0) is 0 Å². The smallest absolute Gasteiger partial charge is 0.144 e. The zero-order valence-electron chi connectivity index (χ0n) is 12.3. The standard InChI is InChI=1S/C16H26N2O/c1-4-19-16-10-14(7-8-15(16)17)18-13-6-5-11(2)12(3)9-13/h7-8,10-13,18H,4-6,9,17H2,1-3H3. The first-order valence-corrected chi connectivity index (χ1v) is 7.39. The molecule has 1 aromatic carbocycles. The number of nitrogens with one attached hydrogen (secondary N) is 1. The second-order valence-corrected chi connectivity index (χ2v) is 5.79. The van der Waals surface area contributed by atoms with E-state index >= 15 is 0 Å². The van der Waals surface area contributed by atoms with Crippen molar-refractivity contribution in [2.75, 3.05) is 17.7 Å². The molecule has 3 atom stereocenters. The number of benzene rings is 1. The summed E-state index contributed by atoms with van der Waals surface area (Å²) in [5, 5.41) is 3.62. The van der Waals surface area contributed by atoms with Gasteiger partial charge in [-0.3, -0.25) is 0 Å². The molecule has 3 N–H and O–H groups in total. The van der Waals surface area contributed by atoms with E-state index in [1.165, 1.54) is 19.3 Å². The monoisotopic (exact) mass is 262 g/mol. The van der Waals surface area contributed by atoms with Crippen LogP contribution in [0, 0.1) is 11.8 Å². The minimum atomic E-state index is 0.573. The lowest BCUT2D eigenvalue weighted by molar-refractivity contribution is 0.261. The van der Waals surface area contributed by atoms with Crippen molar-refractivity contribution < 1.29 is 4.74 Å². The van der Waals surface area contributed by atoms with Crippen LogP contribution in [0.15, 0.2) is 18.2 Å². The molecule has 0 spiro atoms. The third-order valence-electron chi connectivity index (χ3n) is 4.28. The Morgan fingerprint density at radius 1 is 1.26 bits per heavy atom. The molecule has 1 aliphatic carbocycles. The van der Waals surface area contributed by atoms with Crippen molar-refractivity contribution in [2.24, 2.45) is 11.8 Å². The van der Waals surface area contributed by atoms with E-state index in [1.54, 1.807) is 0 Å². The average molecular weight is 262 g/mol. The van der Waals surface area contributed by atoms with E-state index in [-0.39, 0.29) is 0 Å². The van der Waals surface area contributed by atoms with E-state index < -0.39 is 0 Å². The highest BCUT2D eigenvalue weighted by Gasteiger charge is 2.24. The number of nitrogen functional groups attached to an aromatic ring is 1. The molecule has 3 heteroatoms. The fourth-order valence-electron chi connectivity index (χ4n) is 2.82. The van der Waals surface area contributed by atoms with Crippen LogP contribution in [-0.4, -0.2) is 12.6 Å². The van der Waals surface area contributed by atoms with Gasteiger partial charge in [0.25, 0.3) is 0 Å². The molecule has 1 saturated carbocycles. The molecule has 0 radical (unpaired) electrons. The second-order valence-electron chi connectivity index (χ2n) is 5.79. The van der Waals surface area contributed by atoms with Gasteiger partial charge in [-0.2, -0.15) is 0 Å². The summed E-state index contributed by atoms with van der Waals surface area (Å²) in [4.78, 5) is 0. The first-order chi connectivity index (χ1) is 9.10. The van der Waals surface area contributed by atoms with Crippen LogP contribution in [0.4, 0.5) is 11.4 Å². The predicted octanol–water partition coefficient (Wildman–Crippen LogP) is 3.90. The maximum atomic E-state index is 5.90. The Kier molecular flexibility index (Phi) is 4.56. The molecule has 1 aliphatic rings. The summed E-state index contributed by atoms with van der Waals surface area (Å²) in [6.07, 6.45) is 3.81. The van der Waals surface area contributed by atoms with E-state index in [9.17, 15) is 0 Å². The minimum absolute atomic E-state index is 0.573. The van der Waals surface area contributed by atoms with Crippen LogP contribution in [0.3, 0.4) is 0 Å². The summed E-state index contributed by atoms with van der Waals surface area (Å²) in [5.41, 5.74) is 7.72. The van der Waals surface area contributed by atoms with Crippen molar-refractivity contribution >= 4 is 11.4 Å². The van der Waals surface area contributed by atoms with E-state index in [1.807, 2.05) is 25.1 Å². The highest BCUT2D eigenvalue weighted by molar-refractivity contribution is 5.61. The molecule has 0 aromatic heterocycles. The van der Waals surface area contributed by atoms with Gasteiger partial charge in [0.2, 0.25) is 0 Å². The Morgan fingerprint density at radius 2 is 2.05 bits per heavy atom. The van der Waals surface area contributed by atoms with Crippen molar-refractivity contribution in [3.8, 4) is 5.75 Å². The highest BCUT2D eigenvalue weighted by atomic mass is 16.5. The Morgan fingerprint density at radius 3 is 2.74 bits per heavy atom. The van der Waals surface area contributed by atoms with Crippen molar-refractivity contribution in [3.63, 3.8) is 0 Å². The van der Waals surface area contributed by atoms with Crippen molar-refractivity contribution in [3.05, 3.63) is 18.2 Å². The van der Waals surface area contributed by atoms with Crippen LogP contribution in [0.2, 0.25) is 0 Å². The summed E-state index contributed by atoms with van der Waals surface area (Å²) in [5.74, 6) is 2.43. The van der Waals surface area contributed by atoms with Gasteiger partial charge >= 0.3 is 0 Å². The van der Waals surface area contributed by atoms with Crippen molar-refractivity contribution in [1.29, 1.82) is 0 Å². The fraction of sp³-hybridized carbons (Fsp3) is 0.625. The van der Waals surface area contributed by atoms with Crippen LogP contribution < -0.4 is 15.8 Å². The van der Waals surface area contributed by atoms with Crippen LogP contribution in [0.5, 0.6) is 5.75 Å². The summed E-state index contributed by atoms with van der Waals surface area (Å²) >= 11 is 0. The molecule has 1 fully saturated rings. The molecule has 0 aliphatic heterocycles. The zero-order chi connectivity index (χ0) is 13.8. The van der Waals surface area contributed by atoms with Gasteiger partial charge in [-0.1, -0.05) is 13.8 Å². The lowest BCUT2D eigenvalue weighted by atomic mass is 9.79. The molecule has 19 heavy (non-hydrogen) atoms. The number of rotatable bonds is 4. The molecule has 1 aromatic rings. The molecular weight excluding hydrogens is 236 g/mol. The first-order valence-electron chi connectivity index (χ1n) is 7.39. The summed E-state index contributed by atoms with van der Waals surface area (Å²) in [6, 6.07) is 6.55. The molecule has 0 bridgehead atoms. The number of hydrogen-bond acceptors (Lipinski definition) is 3. The van der Waals surface area contributed by atoms with Gasteiger partial charge in [0.15, 0.2) is 0 Å². The third kappa shape index (κ3) is 3.55. The fourth-order valence-corrected chi connectivity index (χ4v) is 2.82. The van der Waals surface area contributed by atoms with Gasteiger partial charge in [0.05, 0.1) is 12.3 Å². The SMILES string of the molecule is CCOc1cc(NC2CCC(C)C(C)C2)ccc1N. The topological polar surface area (TPSA) is 47.3 Å². The van der Waals surface area contributed by atoms with Gasteiger partial charge < -0.3 is 15.8 Å². The maximum Gasteiger partial charge on any atom is 0.144 e. The summed E-state index contributed by atoms with van der Waals surface area (Å²) in [7, 11) is 0. The normalized spacial score (nSPS) is 27.0. The second kappa shape index (κ2) is 6.18. The quantitative estimate of drug-likeness (QED) is 0.809. The average Bonchev–Trinajstić information content (AvgIpc) is 2.38. The Balaban J connectivity index is 2.01. The minimum Gasteiger partial charge on any atom is -0.492 e. The molecule has 0 saturated heterocycles. The Labute approximate surface area is 116 Å². The first kappa shape index (κ1) is 14.0. The Hall–Kier alpha value is -1.38. The van der Waals surface area contributed by atoms with Crippen LogP contribution >= 0.6 is 0 Å². The van der Waals surface area contributed by atoms with Crippen LogP contribution in [0.1, 0.15) is 40.0 Å². The van der Waals surface area contributed by atoms with Gasteiger partial charge in [-0.25, -0.2) is 0 Å². The van der Waals surface area contributed by atoms with Crippen molar-refractivity contribution in [2.45, 2.75) is 46.1 Å². The number of ether oxygens (including phenoxy) is 1. The molecule has 106 valence electrons. The molecule has 0 heterocycles. The van der Waals surface area contributed by atoms with Gasteiger partial charge in [-0.15, -0.1) is 0 Å². The van der Waals surface area contributed by atoms with Gasteiger partial charge in [0, 0.05) is 17.8 Å². The Bertz CT molecular complexity index is 419. The molecule has 3 nitrogen and oxygen atoms in total. The summed E-state index contributed by atoms with van der Waals surface area (Å²) in [6.45, 7) is 7.33. The number of nitrogens with two attached hydrogens (primary N) is 1. The van der Waals surface area contributed by atoms with Crippen molar-refractivity contribution in [1.82, 2.24) is 0 Å². The van der Waals surface area contributed by atoms with Crippen LogP contribution in [0.25, 0.3) is 0 Å². The van der Waals surface area contributed by atoms with E-state index in [0.717, 1.165) is 23.3 Å². The molecule has 2 rings (SSSR count). The lowest BCUT2D eigenvalue weighted by Crippen LogP contribution is -2.30. The van der Waals surface area contributed by atoms with E-state index in [0.29, 0.717) is 18.3 Å². The predicted molar refractivity (Wildman–Crippen MR) is 81.6 cm³/mol. The number of hydrogen-bond donors (Lipinski definition) is 2. The van der Waals surface area contributed by atoms with Gasteiger partial charge in [-0.05, 0) is 50.2 Å². The lowest BCUT2D eigenvalue weighted by Gasteiger charge is -2.33. The maximum absolute atomic E-state index is 5.90. The largest absolute Gasteiger partial charge is 0.492 e. The zero-order valence-corrected chi connectivity index (χ0v) is 12.3. The molecule has 0 amide bonds. The molecular formula is C16H26N2O. The van der Waals surface area contributed by atoms with E-state index in [2.05, 4.69) is 19.2 Å².